The van der Waals surface area contributed by atoms with Crippen molar-refractivity contribution in [2.45, 2.75) is 39.0 Å². The van der Waals surface area contributed by atoms with Gasteiger partial charge >= 0.3 is 5.97 Å². The van der Waals surface area contributed by atoms with Gasteiger partial charge in [-0.15, -0.1) is 6.58 Å². The van der Waals surface area contributed by atoms with E-state index in [0.29, 0.717) is 6.42 Å². The number of ether oxygens (including phenoxy) is 1. The van der Waals surface area contributed by atoms with Crippen LogP contribution in [0.15, 0.2) is 12.7 Å². The maximum Gasteiger partial charge on any atom is 0.319 e. The zero-order chi connectivity index (χ0) is 12.2. The van der Waals surface area contributed by atoms with Gasteiger partial charge in [-0.25, -0.2) is 0 Å². The third-order valence-electron chi connectivity index (χ3n) is 3.68. The number of carbonyl (C=O) groups excluding carboxylic acids is 2. The summed E-state index contributed by atoms with van der Waals surface area (Å²) < 4.78 is 4.79. The zero-order valence-corrected chi connectivity index (χ0v) is 10.1. The molecule has 0 aromatic rings. The first-order chi connectivity index (χ1) is 7.57. The summed E-state index contributed by atoms with van der Waals surface area (Å²) >= 11 is 0. The summed E-state index contributed by atoms with van der Waals surface area (Å²) in [5.74, 6) is -0.259. The Labute approximate surface area is 96.9 Å². The van der Waals surface area contributed by atoms with Crippen LogP contribution in [0, 0.1) is 11.3 Å². The van der Waals surface area contributed by atoms with Gasteiger partial charge in [-0.1, -0.05) is 6.08 Å². The maximum atomic E-state index is 12.0. The molecule has 1 fully saturated rings. The van der Waals surface area contributed by atoms with Crippen LogP contribution in [-0.4, -0.2) is 18.9 Å². The van der Waals surface area contributed by atoms with Gasteiger partial charge in [-0.3, -0.25) is 9.59 Å². The minimum atomic E-state index is -0.935. The van der Waals surface area contributed by atoms with E-state index in [4.69, 9.17) is 4.74 Å². The highest BCUT2D eigenvalue weighted by molar-refractivity contribution is 6.04. The number of Topliss-reactive ketones (excluding diaryl/α,β-unsaturated/α-hetero) is 1. The zero-order valence-electron chi connectivity index (χ0n) is 10.1. The monoisotopic (exact) mass is 224 g/mol. The first kappa shape index (κ1) is 12.9. The summed E-state index contributed by atoms with van der Waals surface area (Å²) in [5.41, 5.74) is -0.935. The number of rotatable bonds is 4. The van der Waals surface area contributed by atoms with E-state index >= 15 is 0 Å². The Bertz CT molecular complexity index is 286. The third kappa shape index (κ3) is 2.18. The molecular weight excluding hydrogens is 204 g/mol. The lowest BCUT2D eigenvalue weighted by Gasteiger charge is -2.37. The van der Waals surface area contributed by atoms with Crippen molar-refractivity contribution in [1.82, 2.24) is 0 Å². The van der Waals surface area contributed by atoms with Crippen molar-refractivity contribution in [2.75, 3.05) is 7.11 Å². The van der Waals surface area contributed by atoms with Crippen LogP contribution in [0.2, 0.25) is 0 Å². The Morgan fingerprint density at radius 3 is 2.94 bits per heavy atom. The second-order valence-electron chi connectivity index (χ2n) is 4.57. The molecular formula is C13H20O3. The molecule has 0 unspecified atom stereocenters. The number of hydrogen-bond acceptors (Lipinski definition) is 3. The molecule has 3 heteroatoms. The van der Waals surface area contributed by atoms with E-state index in [1.54, 1.807) is 6.92 Å². The van der Waals surface area contributed by atoms with Gasteiger partial charge in [0.2, 0.25) is 0 Å². The van der Waals surface area contributed by atoms with Crippen LogP contribution >= 0.6 is 0 Å². The SMILES string of the molecule is C=CCC[C@@H]1CCCC(=O)[C@@]1(C)C(=O)OC. The fourth-order valence-corrected chi connectivity index (χ4v) is 2.53. The summed E-state index contributed by atoms with van der Waals surface area (Å²) in [6.45, 7) is 5.41. The lowest BCUT2D eigenvalue weighted by atomic mass is 9.65. The molecule has 0 spiro atoms. The summed E-state index contributed by atoms with van der Waals surface area (Å²) in [7, 11) is 1.35. The van der Waals surface area contributed by atoms with Crippen LogP contribution in [0.3, 0.4) is 0 Å². The Morgan fingerprint density at radius 2 is 2.38 bits per heavy atom. The van der Waals surface area contributed by atoms with Crippen molar-refractivity contribution >= 4 is 11.8 Å². The van der Waals surface area contributed by atoms with Crippen LogP contribution in [-0.2, 0) is 14.3 Å². The Morgan fingerprint density at radius 1 is 1.69 bits per heavy atom. The predicted octanol–water partition coefficient (Wildman–Crippen LogP) is 2.50. The first-order valence-electron chi connectivity index (χ1n) is 5.80. The molecule has 1 saturated carbocycles. The molecule has 0 N–H and O–H groups in total. The summed E-state index contributed by atoms with van der Waals surface area (Å²) in [6.07, 6.45) is 5.80. The number of ketones is 1. The molecule has 3 nitrogen and oxygen atoms in total. The fourth-order valence-electron chi connectivity index (χ4n) is 2.53. The smallest absolute Gasteiger partial charge is 0.319 e. The van der Waals surface area contributed by atoms with Crippen molar-refractivity contribution in [1.29, 1.82) is 0 Å². The van der Waals surface area contributed by atoms with Crippen molar-refractivity contribution in [3.63, 3.8) is 0 Å². The normalized spacial score (nSPS) is 29.9. The summed E-state index contributed by atoms with van der Waals surface area (Å²) in [5, 5.41) is 0. The van der Waals surface area contributed by atoms with E-state index in [1.807, 2.05) is 6.08 Å². The minimum absolute atomic E-state index is 0.0275. The number of hydrogen-bond donors (Lipinski definition) is 0. The molecule has 0 bridgehead atoms. The lowest BCUT2D eigenvalue weighted by Crippen LogP contribution is -2.46. The average Bonchev–Trinajstić information content (AvgIpc) is 2.30. The van der Waals surface area contributed by atoms with Crippen LogP contribution < -0.4 is 0 Å². The predicted molar refractivity (Wildman–Crippen MR) is 61.9 cm³/mol. The molecule has 90 valence electrons. The highest BCUT2D eigenvalue weighted by Gasteiger charge is 2.49. The van der Waals surface area contributed by atoms with E-state index < -0.39 is 5.41 Å². The van der Waals surface area contributed by atoms with Gasteiger partial charge in [-0.05, 0) is 38.5 Å². The standard InChI is InChI=1S/C13H20O3/c1-4-5-7-10-8-6-9-11(14)13(10,2)12(15)16-3/h4,10H,1,5-9H2,2-3H3/t10-,13+/m1/s1. The van der Waals surface area contributed by atoms with Gasteiger partial charge < -0.3 is 4.74 Å². The third-order valence-corrected chi connectivity index (χ3v) is 3.68. The molecule has 0 aromatic carbocycles. The molecule has 0 saturated heterocycles. The molecule has 0 amide bonds. The van der Waals surface area contributed by atoms with Crippen molar-refractivity contribution in [3.8, 4) is 0 Å². The van der Waals surface area contributed by atoms with Crippen LogP contribution in [0.1, 0.15) is 39.0 Å². The highest BCUT2D eigenvalue weighted by atomic mass is 16.5. The molecule has 2 atom stereocenters. The Hall–Kier alpha value is -1.12. The molecule has 16 heavy (non-hydrogen) atoms. The molecule has 0 heterocycles. The quantitative estimate of drug-likeness (QED) is 0.418. The van der Waals surface area contributed by atoms with Crippen LogP contribution in [0.4, 0.5) is 0 Å². The van der Waals surface area contributed by atoms with Crippen molar-refractivity contribution in [3.05, 3.63) is 12.7 Å². The fraction of sp³-hybridized carbons (Fsp3) is 0.692. The topological polar surface area (TPSA) is 43.4 Å². The average molecular weight is 224 g/mol. The largest absolute Gasteiger partial charge is 0.468 e. The van der Waals surface area contributed by atoms with Gasteiger partial charge in [0.1, 0.15) is 11.2 Å². The maximum absolute atomic E-state index is 12.0. The van der Waals surface area contributed by atoms with Crippen molar-refractivity contribution < 1.29 is 14.3 Å². The number of methoxy groups -OCH3 is 1. The molecule has 1 aliphatic rings. The summed E-state index contributed by atoms with van der Waals surface area (Å²) in [6, 6.07) is 0. The number of allylic oxidation sites excluding steroid dienone is 1. The second-order valence-corrected chi connectivity index (χ2v) is 4.57. The van der Waals surface area contributed by atoms with Gasteiger partial charge in [0.05, 0.1) is 7.11 Å². The van der Waals surface area contributed by atoms with E-state index in [2.05, 4.69) is 6.58 Å². The van der Waals surface area contributed by atoms with Crippen LogP contribution in [0.25, 0.3) is 0 Å². The van der Waals surface area contributed by atoms with Gasteiger partial charge in [0.25, 0.3) is 0 Å². The van der Waals surface area contributed by atoms with Gasteiger partial charge in [0.15, 0.2) is 0 Å². The van der Waals surface area contributed by atoms with Gasteiger partial charge in [-0.2, -0.15) is 0 Å². The molecule has 0 radical (unpaired) electrons. The van der Waals surface area contributed by atoms with Gasteiger partial charge in [0, 0.05) is 6.42 Å². The number of esters is 1. The molecule has 1 rings (SSSR count). The first-order valence-corrected chi connectivity index (χ1v) is 5.80. The Balaban J connectivity index is 2.89. The number of carbonyl (C=O) groups is 2. The van der Waals surface area contributed by atoms with E-state index in [0.717, 1.165) is 25.7 Å². The minimum Gasteiger partial charge on any atom is -0.468 e. The van der Waals surface area contributed by atoms with Crippen LogP contribution in [0.5, 0.6) is 0 Å². The molecule has 0 aromatic heterocycles. The Kier molecular flexibility index (Phi) is 4.27. The van der Waals surface area contributed by atoms with Crippen molar-refractivity contribution in [2.24, 2.45) is 11.3 Å². The van der Waals surface area contributed by atoms with E-state index in [9.17, 15) is 9.59 Å². The summed E-state index contributed by atoms with van der Waals surface area (Å²) in [4.78, 5) is 23.8. The molecule has 0 aliphatic heterocycles. The van der Waals surface area contributed by atoms with E-state index in [-0.39, 0.29) is 17.7 Å². The second kappa shape index (κ2) is 5.28. The lowest BCUT2D eigenvalue weighted by molar-refractivity contribution is -0.163. The molecule has 1 aliphatic carbocycles. The highest BCUT2D eigenvalue weighted by Crippen LogP contribution is 2.41. The van der Waals surface area contributed by atoms with E-state index in [1.165, 1.54) is 7.11 Å².